The van der Waals surface area contributed by atoms with Crippen molar-refractivity contribution in [3.8, 4) is 5.95 Å². The number of anilines is 2. The molecule has 0 bridgehead atoms. The number of aromatic nitrogens is 5. The number of nitrogen functional groups attached to an aromatic ring is 1. The molecule has 2 N–H and O–H groups in total. The van der Waals surface area contributed by atoms with E-state index in [1.807, 2.05) is 0 Å². The van der Waals surface area contributed by atoms with Gasteiger partial charge in [-0.05, 0) is 11.8 Å². The Morgan fingerprint density at radius 1 is 1.10 bits per heavy atom. The summed E-state index contributed by atoms with van der Waals surface area (Å²) in [4.78, 5) is 19.2. The van der Waals surface area contributed by atoms with Gasteiger partial charge in [-0.3, -0.25) is 4.57 Å². The van der Waals surface area contributed by atoms with Gasteiger partial charge in [0.05, 0.1) is 0 Å². The second kappa shape index (κ2) is 6.51. The van der Waals surface area contributed by atoms with Gasteiger partial charge in [0.2, 0.25) is 17.8 Å². The van der Waals surface area contributed by atoms with Crippen molar-refractivity contribution in [2.24, 2.45) is 11.8 Å². The molecule has 0 saturated heterocycles. The Bertz CT molecular complexity index is 553. The van der Waals surface area contributed by atoms with E-state index >= 15 is 0 Å². The van der Waals surface area contributed by atoms with Crippen molar-refractivity contribution in [3.05, 3.63) is 18.7 Å². The van der Waals surface area contributed by atoms with E-state index in [1.54, 1.807) is 23.3 Å². The van der Waals surface area contributed by atoms with Crippen LogP contribution in [-0.2, 0) is 0 Å². The van der Waals surface area contributed by atoms with Gasteiger partial charge in [-0.25, -0.2) is 4.98 Å². The van der Waals surface area contributed by atoms with Crippen molar-refractivity contribution in [1.29, 1.82) is 0 Å². The first kappa shape index (κ1) is 15.2. The van der Waals surface area contributed by atoms with E-state index in [4.69, 9.17) is 5.73 Å². The largest absolute Gasteiger partial charge is 0.368 e. The van der Waals surface area contributed by atoms with Gasteiger partial charge in [-0.15, -0.1) is 0 Å². The van der Waals surface area contributed by atoms with Crippen LogP contribution in [0.3, 0.4) is 0 Å². The first-order valence-corrected chi connectivity index (χ1v) is 7.20. The summed E-state index contributed by atoms with van der Waals surface area (Å²) in [6.07, 6.45) is 5.11. The maximum absolute atomic E-state index is 5.84. The van der Waals surface area contributed by atoms with Gasteiger partial charge in [0, 0.05) is 25.5 Å². The van der Waals surface area contributed by atoms with E-state index in [0.29, 0.717) is 23.7 Å². The third-order valence-corrected chi connectivity index (χ3v) is 2.82. The van der Waals surface area contributed by atoms with Crippen LogP contribution in [0.4, 0.5) is 11.9 Å². The molecule has 2 aromatic heterocycles. The van der Waals surface area contributed by atoms with Crippen LogP contribution in [0.25, 0.3) is 5.95 Å². The van der Waals surface area contributed by atoms with Gasteiger partial charge in [0.15, 0.2) is 0 Å². The second-order valence-corrected chi connectivity index (χ2v) is 5.96. The molecule has 21 heavy (non-hydrogen) atoms. The van der Waals surface area contributed by atoms with Crippen LogP contribution in [0.5, 0.6) is 0 Å². The topological polar surface area (TPSA) is 85.8 Å². The second-order valence-electron chi connectivity index (χ2n) is 5.96. The number of rotatable bonds is 6. The molecule has 0 spiro atoms. The molecule has 2 rings (SSSR count). The Kier molecular flexibility index (Phi) is 4.72. The Morgan fingerprint density at radius 3 is 2.29 bits per heavy atom. The Labute approximate surface area is 125 Å². The highest BCUT2D eigenvalue weighted by Crippen LogP contribution is 2.15. The van der Waals surface area contributed by atoms with Crippen LogP contribution >= 0.6 is 0 Å². The molecule has 2 heterocycles. The summed E-state index contributed by atoms with van der Waals surface area (Å²) < 4.78 is 1.73. The molecule has 0 aliphatic rings. The van der Waals surface area contributed by atoms with Crippen molar-refractivity contribution in [2.45, 2.75) is 27.7 Å². The van der Waals surface area contributed by atoms with E-state index in [-0.39, 0.29) is 5.95 Å². The highest BCUT2D eigenvalue weighted by molar-refractivity contribution is 5.38. The number of imidazole rings is 1. The van der Waals surface area contributed by atoms with E-state index in [9.17, 15) is 0 Å². The van der Waals surface area contributed by atoms with E-state index in [0.717, 1.165) is 13.1 Å². The minimum absolute atomic E-state index is 0.223. The predicted molar refractivity (Wildman–Crippen MR) is 83.3 cm³/mol. The summed E-state index contributed by atoms with van der Waals surface area (Å²) in [5, 5.41) is 0. The molecule has 0 atom stereocenters. The highest BCUT2D eigenvalue weighted by atomic mass is 15.3. The molecule has 7 nitrogen and oxygen atoms in total. The third-order valence-electron chi connectivity index (χ3n) is 2.82. The molecule has 0 aliphatic carbocycles. The molecule has 2 aromatic rings. The zero-order valence-electron chi connectivity index (χ0n) is 13.1. The van der Waals surface area contributed by atoms with E-state index in [1.165, 1.54) is 0 Å². The van der Waals surface area contributed by atoms with Gasteiger partial charge in [0.25, 0.3) is 0 Å². The molecule has 0 unspecified atom stereocenters. The molecular weight excluding hydrogens is 266 g/mol. The molecule has 0 amide bonds. The standard InChI is InChI=1S/C14H23N7/c1-10(2)7-21(8-11(3)4)14-18-12(15)17-13(19-14)20-6-5-16-9-20/h5-6,9-11H,7-8H2,1-4H3,(H2,15,17,18,19). The normalized spacial score (nSPS) is 11.3. The number of nitrogens with zero attached hydrogens (tertiary/aromatic N) is 6. The van der Waals surface area contributed by atoms with Crippen LogP contribution < -0.4 is 10.6 Å². The molecule has 0 fully saturated rings. The third kappa shape index (κ3) is 4.14. The van der Waals surface area contributed by atoms with Crippen molar-refractivity contribution >= 4 is 11.9 Å². The first-order valence-electron chi connectivity index (χ1n) is 7.20. The summed E-state index contributed by atoms with van der Waals surface area (Å²) in [6, 6.07) is 0. The number of hydrogen-bond acceptors (Lipinski definition) is 6. The van der Waals surface area contributed by atoms with Crippen molar-refractivity contribution in [1.82, 2.24) is 24.5 Å². The Morgan fingerprint density at radius 2 is 1.76 bits per heavy atom. The lowest BCUT2D eigenvalue weighted by Gasteiger charge is -2.26. The van der Waals surface area contributed by atoms with Gasteiger partial charge in [0.1, 0.15) is 6.33 Å². The van der Waals surface area contributed by atoms with Gasteiger partial charge >= 0.3 is 0 Å². The number of hydrogen-bond donors (Lipinski definition) is 1. The predicted octanol–water partition coefficient (Wildman–Crippen LogP) is 1.76. The molecule has 0 aromatic carbocycles. The van der Waals surface area contributed by atoms with Crippen LogP contribution in [-0.4, -0.2) is 37.6 Å². The fourth-order valence-electron chi connectivity index (χ4n) is 2.12. The summed E-state index contributed by atoms with van der Waals surface area (Å²) in [5.41, 5.74) is 5.84. The molecular formula is C14H23N7. The van der Waals surface area contributed by atoms with E-state index < -0.39 is 0 Å². The van der Waals surface area contributed by atoms with Gasteiger partial charge in [-0.1, -0.05) is 27.7 Å². The van der Waals surface area contributed by atoms with Gasteiger partial charge in [-0.2, -0.15) is 15.0 Å². The maximum Gasteiger partial charge on any atom is 0.241 e. The van der Waals surface area contributed by atoms with Crippen molar-refractivity contribution in [2.75, 3.05) is 23.7 Å². The van der Waals surface area contributed by atoms with Crippen molar-refractivity contribution < 1.29 is 0 Å². The molecule has 0 radical (unpaired) electrons. The van der Waals surface area contributed by atoms with Gasteiger partial charge < -0.3 is 10.6 Å². The minimum atomic E-state index is 0.223. The number of nitrogens with two attached hydrogens (primary N) is 1. The first-order chi connectivity index (χ1) is 9.95. The van der Waals surface area contributed by atoms with E-state index in [2.05, 4.69) is 52.5 Å². The lowest BCUT2D eigenvalue weighted by Crippen LogP contribution is -2.33. The fraction of sp³-hybridized carbons (Fsp3) is 0.571. The summed E-state index contributed by atoms with van der Waals surface area (Å²) >= 11 is 0. The van der Waals surface area contributed by atoms with Crippen LogP contribution in [0.1, 0.15) is 27.7 Å². The quantitative estimate of drug-likeness (QED) is 0.872. The van der Waals surface area contributed by atoms with Crippen LogP contribution in [0.2, 0.25) is 0 Å². The molecule has 0 aliphatic heterocycles. The highest BCUT2D eigenvalue weighted by Gasteiger charge is 2.16. The summed E-state index contributed by atoms with van der Waals surface area (Å²) in [5.74, 6) is 2.36. The molecule has 0 saturated carbocycles. The van der Waals surface area contributed by atoms with Crippen molar-refractivity contribution in [3.63, 3.8) is 0 Å². The summed E-state index contributed by atoms with van der Waals surface area (Å²) in [7, 11) is 0. The van der Waals surface area contributed by atoms with Crippen LogP contribution in [0, 0.1) is 11.8 Å². The van der Waals surface area contributed by atoms with Crippen LogP contribution in [0.15, 0.2) is 18.7 Å². The molecule has 7 heteroatoms. The smallest absolute Gasteiger partial charge is 0.241 e. The monoisotopic (exact) mass is 289 g/mol. The summed E-state index contributed by atoms with van der Waals surface area (Å²) in [6.45, 7) is 10.5. The molecule has 114 valence electrons. The SMILES string of the molecule is CC(C)CN(CC(C)C)c1nc(N)nc(-n2ccnc2)n1. The minimum Gasteiger partial charge on any atom is -0.368 e. The fourth-order valence-corrected chi connectivity index (χ4v) is 2.12. The lowest BCUT2D eigenvalue weighted by atomic mass is 10.1. The zero-order valence-corrected chi connectivity index (χ0v) is 13.1. The average molecular weight is 289 g/mol. The Hall–Kier alpha value is -2.18. The average Bonchev–Trinajstić information content (AvgIpc) is 2.90. The Balaban J connectivity index is 2.35. The lowest BCUT2D eigenvalue weighted by molar-refractivity contribution is 0.543. The zero-order chi connectivity index (χ0) is 15.4. The maximum atomic E-state index is 5.84.